The molecule has 4 nitrogen and oxygen atoms in total. The fraction of sp³-hybridized carbons (Fsp3) is 0.692. The van der Waals surface area contributed by atoms with Gasteiger partial charge in [-0.25, -0.2) is 9.97 Å². The largest absolute Gasteiger partial charge is 0.463 e. The second kappa shape index (κ2) is 6.55. The molecule has 1 N–H and O–H groups in total. The zero-order valence-electron chi connectivity index (χ0n) is 11.4. The van der Waals surface area contributed by atoms with Crippen LogP contribution in [0.5, 0.6) is 6.01 Å². The van der Waals surface area contributed by atoms with Crippen molar-refractivity contribution in [2.24, 2.45) is 5.92 Å². The SMILES string of the molecule is Cc1nc(OCC(C)C)ncc1CNC(C)C. The van der Waals surface area contributed by atoms with Crippen LogP contribution in [-0.2, 0) is 6.54 Å². The van der Waals surface area contributed by atoms with Gasteiger partial charge in [-0.2, -0.15) is 0 Å². The Bertz CT molecular complexity index is 351. The summed E-state index contributed by atoms with van der Waals surface area (Å²) in [5.41, 5.74) is 2.10. The molecule has 0 saturated heterocycles. The lowest BCUT2D eigenvalue weighted by Crippen LogP contribution is -2.22. The van der Waals surface area contributed by atoms with Crippen LogP contribution in [0.1, 0.15) is 39.0 Å². The number of nitrogens with one attached hydrogen (secondary N) is 1. The van der Waals surface area contributed by atoms with Crippen LogP contribution in [0, 0.1) is 12.8 Å². The van der Waals surface area contributed by atoms with Gasteiger partial charge in [-0.3, -0.25) is 0 Å². The van der Waals surface area contributed by atoms with Crippen molar-refractivity contribution in [3.05, 3.63) is 17.5 Å². The van der Waals surface area contributed by atoms with Gasteiger partial charge >= 0.3 is 6.01 Å². The summed E-state index contributed by atoms with van der Waals surface area (Å²) in [7, 11) is 0. The topological polar surface area (TPSA) is 47.0 Å². The lowest BCUT2D eigenvalue weighted by Gasteiger charge is -2.11. The summed E-state index contributed by atoms with van der Waals surface area (Å²) >= 11 is 0. The zero-order valence-corrected chi connectivity index (χ0v) is 11.4. The molecule has 0 fully saturated rings. The highest BCUT2D eigenvalue weighted by atomic mass is 16.5. The number of aryl methyl sites for hydroxylation is 1. The van der Waals surface area contributed by atoms with E-state index in [2.05, 4.69) is 43.0 Å². The summed E-state index contributed by atoms with van der Waals surface area (Å²) in [6, 6.07) is 0.941. The van der Waals surface area contributed by atoms with Gasteiger partial charge in [0, 0.05) is 30.0 Å². The van der Waals surface area contributed by atoms with E-state index in [9.17, 15) is 0 Å². The maximum Gasteiger partial charge on any atom is 0.316 e. The maximum atomic E-state index is 5.49. The Morgan fingerprint density at radius 2 is 2.00 bits per heavy atom. The molecule has 96 valence electrons. The standard InChI is InChI=1S/C13H23N3O/c1-9(2)8-17-13-15-7-12(11(5)16-13)6-14-10(3)4/h7,9-10,14H,6,8H2,1-5H3. The third-order valence-corrected chi connectivity index (χ3v) is 2.31. The van der Waals surface area contributed by atoms with Crippen LogP contribution in [0.25, 0.3) is 0 Å². The van der Waals surface area contributed by atoms with E-state index < -0.39 is 0 Å². The lowest BCUT2D eigenvalue weighted by atomic mass is 10.2. The Kier molecular flexibility index (Phi) is 5.35. The van der Waals surface area contributed by atoms with E-state index in [0.717, 1.165) is 17.8 Å². The second-order valence-electron chi connectivity index (χ2n) is 5.00. The molecular weight excluding hydrogens is 214 g/mol. The molecule has 17 heavy (non-hydrogen) atoms. The molecule has 1 heterocycles. The van der Waals surface area contributed by atoms with E-state index >= 15 is 0 Å². The highest BCUT2D eigenvalue weighted by Crippen LogP contribution is 2.09. The Balaban J connectivity index is 2.59. The van der Waals surface area contributed by atoms with E-state index in [4.69, 9.17) is 4.74 Å². The Morgan fingerprint density at radius 1 is 1.29 bits per heavy atom. The van der Waals surface area contributed by atoms with Gasteiger partial charge in [0.25, 0.3) is 0 Å². The maximum absolute atomic E-state index is 5.49. The zero-order chi connectivity index (χ0) is 12.8. The van der Waals surface area contributed by atoms with Gasteiger partial charge in [-0.15, -0.1) is 0 Å². The molecule has 0 bridgehead atoms. The fourth-order valence-corrected chi connectivity index (χ4v) is 1.27. The third kappa shape index (κ3) is 5.13. The van der Waals surface area contributed by atoms with E-state index in [1.165, 1.54) is 0 Å². The Morgan fingerprint density at radius 3 is 2.53 bits per heavy atom. The van der Waals surface area contributed by atoms with Gasteiger partial charge in [0.05, 0.1) is 6.61 Å². The van der Waals surface area contributed by atoms with Crippen molar-refractivity contribution in [3.63, 3.8) is 0 Å². The van der Waals surface area contributed by atoms with Crippen molar-refractivity contribution in [3.8, 4) is 6.01 Å². The predicted molar refractivity (Wildman–Crippen MR) is 69.1 cm³/mol. The van der Waals surface area contributed by atoms with Gasteiger partial charge in [0.1, 0.15) is 0 Å². The van der Waals surface area contributed by atoms with Crippen molar-refractivity contribution in [2.45, 2.75) is 47.2 Å². The molecule has 4 heteroatoms. The first-order valence-corrected chi connectivity index (χ1v) is 6.17. The van der Waals surface area contributed by atoms with Gasteiger partial charge < -0.3 is 10.1 Å². The number of ether oxygens (including phenoxy) is 1. The van der Waals surface area contributed by atoms with Gasteiger partial charge in [0.15, 0.2) is 0 Å². The van der Waals surface area contributed by atoms with Crippen molar-refractivity contribution in [2.75, 3.05) is 6.61 Å². The number of nitrogens with zero attached hydrogens (tertiary/aromatic N) is 2. The monoisotopic (exact) mass is 237 g/mol. The third-order valence-electron chi connectivity index (χ3n) is 2.31. The van der Waals surface area contributed by atoms with Crippen LogP contribution < -0.4 is 10.1 Å². The fourth-order valence-electron chi connectivity index (χ4n) is 1.27. The number of hydrogen-bond donors (Lipinski definition) is 1. The summed E-state index contributed by atoms with van der Waals surface area (Å²) in [6.07, 6.45) is 1.84. The van der Waals surface area contributed by atoms with Crippen LogP contribution in [0.3, 0.4) is 0 Å². The minimum absolute atomic E-state index is 0.464. The molecule has 0 aliphatic carbocycles. The number of rotatable bonds is 6. The van der Waals surface area contributed by atoms with Gasteiger partial charge in [-0.05, 0) is 12.8 Å². The summed E-state index contributed by atoms with van der Waals surface area (Å²) < 4.78 is 5.49. The van der Waals surface area contributed by atoms with Crippen LogP contribution in [-0.4, -0.2) is 22.6 Å². The predicted octanol–water partition coefficient (Wildman–Crippen LogP) is 2.32. The average Bonchev–Trinajstić information content (AvgIpc) is 2.24. The molecule has 0 saturated carbocycles. The van der Waals surface area contributed by atoms with Crippen molar-refractivity contribution >= 4 is 0 Å². The quantitative estimate of drug-likeness (QED) is 0.825. The molecule has 0 aromatic carbocycles. The first-order valence-electron chi connectivity index (χ1n) is 6.17. The number of hydrogen-bond acceptors (Lipinski definition) is 4. The summed E-state index contributed by atoms with van der Waals surface area (Å²) in [5.74, 6) is 0.487. The van der Waals surface area contributed by atoms with Crippen molar-refractivity contribution in [1.29, 1.82) is 0 Å². The normalized spacial score (nSPS) is 11.2. The Hall–Kier alpha value is -1.16. The van der Waals surface area contributed by atoms with E-state index in [-0.39, 0.29) is 0 Å². The summed E-state index contributed by atoms with van der Waals surface area (Å²) in [4.78, 5) is 8.57. The van der Waals surface area contributed by atoms with E-state index in [1.54, 1.807) is 0 Å². The summed E-state index contributed by atoms with van der Waals surface area (Å²) in [5, 5.41) is 3.35. The smallest absolute Gasteiger partial charge is 0.316 e. The van der Waals surface area contributed by atoms with E-state index in [1.807, 2.05) is 13.1 Å². The summed E-state index contributed by atoms with van der Waals surface area (Å²) in [6.45, 7) is 11.9. The molecule has 0 radical (unpaired) electrons. The minimum Gasteiger partial charge on any atom is -0.463 e. The molecule has 1 rings (SSSR count). The molecule has 0 aliphatic heterocycles. The Labute approximate surface area is 104 Å². The van der Waals surface area contributed by atoms with E-state index in [0.29, 0.717) is 24.6 Å². The highest BCUT2D eigenvalue weighted by molar-refractivity contribution is 5.17. The molecule has 0 amide bonds. The molecule has 1 aromatic rings. The first kappa shape index (κ1) is 13.9. The van der Waals surface area contributed by atoms with Crippen molar-refractivity contribution in [1.82, 2.24) is 15.3 Å². The molecule has 0 unspecified atom stereocenters. The van der Waals surface area contributed by atoms with Crippen LogP contribution in [0.15, 0.2) is 6.20 Å². The highest BCUT2D eigenvalue weighted by Gasteiger charge is 2.05. The second-order valence-corrected chi connectivity index (χ2v) is 5.00. The molecule has 0 aliphatic rings. The number of aromatic nitrogens is 2. The molecule has 0 atom stereocenters. The van der Waals surface area contributed by atoms with Gasteiger partial charge in [0.2, 0.25) is 0 Å². The van der Waals surface area contributed by atoms with Crippen LogP contribution in [0.4, 0.5) is 0 Å². The average molecular weight is 237 g/mol. The molecule has 0 spiro atoms. The minimum atomic E-state index is 0.464. The van der Waals surface area contributed by atoms with Gasteiger partial charge in [-0.1, -0.05) is 27.7 Å². The molecule has 1 aromatic heterocycles. The van der Waals surface area contributed by atoms with Crippen LogP contribution >= 0.6 is 0 Å². The first-order chi connectivity index (χ1) is 7.99. The van der Waals surface area contributed by atoms with Crippen molar-refractivity contribution < 1.29 is 4.74 Å². The lowest BCUT2D eigenvalue weighted by molar-refractivity contribution is 0.250. The molecular formula is C13H23N3O. The van der Waals surface area contributed by atoms with Crippen LogP contribution in [0.2, 0.25) is 0 Å².